The first kappa shape index (κ1) is 20.5. The van der Waals surface area contributed by atoms with E-state index in [2.05, 4.69) is 5.32 Å². The van der Waals surface area contributed by atoms with Gasteiger partial charge in [-0.05, 0) is 55.8 Å². The largest absolute Gasteiger partial charge is 0.493 e. The Morgan fingerprint density at radius 3 is 2.52 bits per heavy atom. The van der Waals surface area contributed by atoms with E-state index in [-0.39, 0.29) is 11.0 Å². The van der Waals surface area contributed by atoms with Crippen LogP contribution in [-0.2, 0) is 14.8 Å². The molecule has 1 amide bonds. The molecule has 0 fully saturated rings. The van der Waals surface area contributed by atoms with E-state index in [9.17, 15) is 13.2 Å². The molecule has 0 bridgehead atoms. The van der Waals surface area contributed by atoms with Gasteiger partial charge in [-0.1, -0.05) is 12.1 Å². The van der Waals surface area contributed by atoms with Gasteiger partial charge in [-0.2, -0.15) is 0 Å². The number of methoxy groups -OCH3 is 1. The van der Waals surface area contributed by atoms with E-state index < -0.39 is 15.9 Å². The Balaban J connectivity index is 2.11. The fourth-order valence-electron chi connectivity index (χ4n) is 2.25. The van der Waals surface area contributed by atoms with Crippen LogP contribution >= 0.6 is 0 Å². The third-order valence-electron chi connectivity index (χ3n) is 3.41. The number of ether oxygens (including phenoxy) is 2. The van der Waals surface area contributed by atoms with Gasteiger partial charge in [0.1, 0.15) is 0 Å². The summed E-state index contributed by atoms with van der Waals surface area (Å²) in [6.45, 7) is 3.84. The van der Waals surface area contributed by atoms with Crippen LogP contribution in [0, 0.1) is 0 Å². The second kappa shape index (κ2) is 8.70. The van der Waals surface area contributed by atoms with E-state index in [1.54, 1.807) is 37.5 Å². The highest BCUT2D eigenvalue weighted by Gasteiger charge is 2.09. The van der Waals surface area contributed by atoms with E-state index in [1.807, 2.05) is 13.8 Å². The number of nitrogens with one attached hydrogen (secondary N) is 1. The van der Waals surface area contributed by atoms with Gasteiger partial charge >= 0.3 is 0 Å². The Labute approximate surface area is 158 Å². The van der Waals surface area contributed by atoms with Gasteiger partial charge in [-0.3, -0.25) is 4.79 Å². The molecule has 0 radical (unpaired) electrons. The zero-order chi connectivity index (χ0) is 20.0. The summed E-state index contributed by atoms with van der Waals surface area (Å²) in [6.07, 6.45) is 2.96. The molecule has 0 spiro atoms. The summed E-state index contributed by atoms with van der Waals surface area (Å²) in [5.74, 6) is 0.768. The molecule has 0 saturated carbocycles. The number of hydrogen-bond donors (Lipinski definition) is 2. The highest BCUT2D eigenvalue weighted by atomic mass is 32.2. The van der Waals surface area contributed by atoms with Gasteiger partial charge in [0.25, 0.3) is 0 Å². The summed E-state index contributed by atoms with van der Waals surface area (Å²) in [5, 5.41) is 7.67. The van der Waals surface area contributed by atoms with Crippen molar-refractivity contribution in [2.45, 2.75) is 24.8 Å². The molecule has 144 valence electrons. The molecule has 0 unspecified atom stereocenters. The number of primary sulfonamides is 1. The second-order valence-electron chi connectivity index (χ2n) is 5.97. The molecule has 0 saturated heterocycles. The SMILES string of the molecule is COc1cc(/C=C/C(=O)Nc2cccc(S(N)(=O)=O)c2)ccc1OC(C)C. The van der Waals surface area contributed by atoms with Crippen molar-refractivity contribution in [2.24, 2.45) is 5.14 Å². The van der Waals surface area contributed by atoms with Crippen molar-refractivity contribution in [3.05, 3.63) is 54.1 Å². The highest BCUT2D eigenvalue weighted by molar-refractivity contribution is 7.89. The fourth-order valence-corrected chi connectivity index (χ4v) is 2.81. The van der Waals surface area contributed by atoms with E-state index in [0.29, 0.717) is 17.2 Å². The first-order chi connectivity index (χ1) is 12.7. The Bertz CT molecular complexity index is 952. The molecular weight excluding hydrogens is 368 g/mol. The average molecular weight is 390 g/mol. The Morgan fingerprint density at radius 1 is 1.15 bits per heavy atom. The maximum Gasteiger partial charge on any atom is 0.248 e. The molecule has 0 aliphatic rings. The number of hydrogen-bond acceptors (Lipinski definition) is 5. The minimum Gasteiger partial charge on any atom is -0.493 e. The number of carbonyl (C=O) groups is 1. The smallest absolute Gasteiger partial charge is 0.248 e. The first-order valence-electron chi connectivity index (χ1n) is 8.15. The van der Waals surface area contributed by atoms with Crippen LogP contribution in [0.5, 0.6) is 11.5 Å². The van der Waals surface area contributed by atoms with Crippen LogP contribution in [0.1, 0.15) is 19.4 Å². The van der Waals surface area contributed by atoms with Crippen molar-refractivity contribution in [2.75, 3.05) is 12.4 Å². The quantitative estimate of drug-likeness (QED) is 0.707. The molecule has 0 aliphatic heterocycles. The van der Waals surface area contributed by atoms with E-state index in [1.165, 1.54) is 24.3 Å². The normalized spacial score (nSPS) is 11.6. The maximum absolute atomic E-state index is 12.1. The number of amides is 1. The lowest BCUT2D eigenvalue weighted by atomic mass is 10.2. The van der Waals surface area contributed by atoms with Gasteiger partial charge < -0.3 is 14.8 Å². The van der Waals surface area contributed by atoms with Gasteiger partial charge in [0.15, 0.2) is 11.5 Å². The van der Waals surface area contributed by atoms with Crippen LogP contribution in [-0.4, -0.2) is 27.5 Å². The van der Waals surface area contributed by atoms with Crippen LogP contribution in [0.4, 0.5) is 5.69 Å². The molecule has 3 N–H and O–H groups in total. The number of benzene rings is 2. The van der Waals surface area contributed by atoms with Crippen molar-refractivity contribution in [1.29, 1.82) is 0 Å². The van der Waals surface area contributed by atoms with E-state index >= 15 is 0 Å². The maximum atomic E-state index is 12.1. The Morgan fingerprint density at radius 2 is 1.89 bits per heavy atom. The third kappa shape index (κ3) is 6.12. The van der Waals surface area contributed by atoms with Crippen LogP contribution in [0.3, 0.4) is 0 Å². The lowest BCUT2D eigenvalue weighted by Gasteiger charge is -2.13. The molecule has 0 aromatic heterocycles. The lowest BCUT2D eigenvalue weighted by molar-refractivity contribution is -0.111. The number of anilines is 1. The van der Waals surface area contributed by atoms with Crippen LogP contribution in [0.25, 0.3) is 6.08 Å². The zero-order valence-corrected chi connectivity index (χ0v) is 16.1. The van der Waals surface area contributed by atoms with Gasteiger partial charge in [0.05, 0.1) is 18.1 Å². The molecule has 0 atom stereocenters. The van der Waals surface area contributed by atoms with Crippen LogP contribution in [0.15, 0.2) is 53.4 Å². The van der Waals surface area contributed by atoms with Crippen LogP contribution in [0.2, 0.25) is 0 Å². The van der Waals surface area contributed by atoms with Crippen LogP contribution < -0.4 is 19.9 Å². The van der Waals surface area contributed by atoms with Crippen molar-refractivity contribution >= 4 is 27.7 Å². The zero-order valence-electron chi connectivity index (χ0n) is 15.3. The predicted molar refractivity (Wildman–Crippen MR) is 104 cm³/mol. The van der Waals surface area contributed by atoms with Crippen molar-refractivity contribution in [1.82, 2.24) is 0 Å². The average Bonchev–Trinajstić information content (AvgIpc) is 2.60. The van der Waals surface area contributed by atoms with E-state index in [0.717, 1.165) is 5.56 Å². The Kier molecular flexibility index (Phi) is 6.59. The number of sulfonamides is 1. The van der Waals surface area contributed by atoms with Gasteiger partial charge in [0.2, 0.25) is 15.9 Å². The molecule has 8 heteroatoms. The number of nitrogens with two attached hydrogens (primary N) is 1. The second-order valence-corrected chi connectivity index (χ2v) is 7.53. The molecule has 0 heterocycles. The lowest BCUT2D eigenvalue weighted by Crippen LogP contribution is -2.13. The van der Waals surface area contributed by atoms with Gasteiger partial charge in [-0.25, -0.2) is 13.6 Å². The molecular formula is C19H22N2O5S. The van der Waals surface area contributed by atoms with Gasteiger partial charge in [0, 0.05) is 11.8 Å². The molecule has 27 heavy (non-hydrogen) atoms. The topological polar surface area (TPSA) is 108 Å². The summed E-state index contributed by atoms with van der Waals surface area (Å²) in [4.78, 5) is 12.0. The molecule has 2 rings (SSSR count). The monoisotopic (exact) mass is 390 g/mol. The molecule has 2 aromatic carbocycles. The summed E-state index contributed by atoms with van der Waals surface area (Å²) in [6, 6.07) is 11.0. The van der Waals surface area contributed by atoms with E-state index in [4.69, 9.17) is 14.6 Å². The summed E-state index contributed by atoms with van der Waals surface area (Å²) >= 11 is 0. The summed E-state index contributed by atoms with van der Waals surface area (Å²) < 4.78 is 33.7. The van der Waals surface area contributed by atoms with Crippen molar-refractivity contribution in [3.8, 4) is 11.5 Å². The van der Waals surface area contributed by atoms with Crippen molar-refractivity contribution in [3.63, 3.8) is 0 Å². The first-order valence-corrected chi connectivity index (χ1v) is 9.70. The predicted octanol–water partition coefficient (Wildman–Crippen LogP) is 2.78. The van der Waals surface area contributed by atoms with Crippen molar-refractivity contribution < 1.29 is 22.7 Å². The Hall–Kier alpha value is -2.84. The minimum absolute atomic E-state index is 0.0131. The summed E-state index contributed by atoms with van der Waals surface area (Å²) in [5.41, 5.74) is 1.07. The standard InChI is InChI=1S/C19H22N2O5S/c1-13(2)26-17-9-7-14(11-18(17)25-3)8-10-19(22)21-15-5-4-6-16(12-15)27(20,23)24/h4-13H,1-3H3,(H,21,22)(H2,20,23,24)/b10-8+. The fraction of sp³-hybridized carbons (Fsp3) is 0.211. The molecule has 0 aliphatic carbocycles. The highest BCUT2D eigenvalue weighted by Crippen LogP contribution is 2.29. The summed E-state index contributed by atoms with van der Waals surface area (Å²) in [7, 11) is -2.29. The minimum atomic E-state index is -3.83. The van der Waals surface area contributed by atoms with Gasteiger partial charge in [-0.15, -0.1) is 0 Å². The third-order valence-corrected chi connectivity index (χ3v) is 4.32. The number of carbonyl (C=O) groups excluding carboxylic acids is 1. The molecule has 2 aromatic rings. The number of rotatable bonds is 7. The molecule has 7 nitrogen and oxygen atoms in total.